The number of methoxy groups -OCH3 is 1. The molecule has 28 heavy (non-hydrogen) atoms. The quantitative estimate of drug-likeness (QED) is 0.632. The van der Waals surface area contributed by atoms with Crippen molar-refractivity contribution < 1.29 is 9.47 Å². The molecule has 0 amide bonds. The maximum absolute atomic E-state index is 6.43. The van der Waals surface area contributed by atoms with Crippen molar-refractivity contribution in [1.82, 2.24) is 5.01 Å². The summed E-state index contributed by atoms with van der Waals surface area (Å²) in [5.41, 5.74) is 5.75. The minimum atomic E-state index is -0.225. The van der Waals surface area contributed by atoms with E-state index < -0.39 is 0 Å². The van der Waals surface area contributed by atoms with E-state index in [0.717, 1.165) is 34.8 Å². The predicted molar refractivity (Wildman–Crippen MR) is 110 cm³/mol. The average molecular weight is 370 g/mol. The van der Waals surface area contributed by atoms with Crippen molar-refractivity contribution in [2.45, 2.75) is 25.6 Å². The third kappa shape index (κ3) is 2.73. The van der Waals surface area contributed by atoms with Gasteiger partial charge >= 0.3 is 0 Å². The highest BCUT2D eigenvalue weighted by molar-refractivity contribution is 6.02. The number of para-hydroxylation sites is 1. The number of aryl methyl sites for hydroxylation is 1. The van der Waals surface area contributed by atoms with Crippen LogP contribution >= 0.6 is 0 Å². The lowest BCUT2D eigenvalue weighted by atomic mass is 9.95. The van der Waals surface area contributed by atoms with Gasteiger partial charge < -0.3 is 9.47 Å². The van der Waals surface area contributed by atoms with Crippen LogP contribution in [-0.4, -0.2) is 17.8 Å². The first-order valence-corrected chi connectivity index (χ1v) is 9.56. The van der Waals surface area contributed by atoms with Crippen LogP contribution < -0.4 is 9.47 Å². The molecule has 2 heterocycles. The highest BCUT2D eigenvalue weighted by atomic mass is 16.5. The number of hydrazone groups is 1. The number of fused-ring (bicyclic) bond motifs is 3. The molecule has 2 atom stereocenters. The molecule has 0 N–H and O–H groups in total. The number of rotatable bonds is 3. The van der Waals surface area contributed by atoms with Gasteiger partial charge in [0, 0.05) is 17.5 Å². The summed E-state index contributed by atoms with van der Waals surface area (Å²) in [6.07, 6.45) is 0.631. The van der Waals surface area contributed by atoms with E-state index in [4.69, 9.17) is 14.6 Å². The number of hydrogen-bond acceptors (Lipinski definition) is 4. The van der Waals surface area contributed by atoms with E-state index in [0.29, 0.717) is 0 Å². The monoisotopic (exact) mass is 370 g/mol. The summed E-state index contributed by atoms with van der Waals surface area (Å²) < 4.78 is 11.7. The first-order valence-electron chi connectivity index (χ1n) is 9.56. The minimum Gasteiger partial charge on any atom is -0.497 e. The van der Waals surface area contributed by atoms with E-state index in [1.165, 1.54) is 11.1 Å². The van der Waals surface area contributed by atoms with Gasteiger partial charge in [-0.2, -0.15) is 5.10 Å². The zero-order valence-corrected chi connectivity index (χ0v) is 16.0. The van der Waals surface area contributed by atoms with E-state index in [9.17, 15) is 0 Å². The van der Waals surface area contributed by atoms with Crippen LogP contribution in [-0.2, 0) is 0 Å². The molecule has 5 rings (SSSR count). The Balaban J connectivity index is 1.58. The molecule has 0 unspecified atom stereocenters. The lowest BCUT2D eigenvalue weighted by Crippen LogP contribution is -2.34. The Morgan fingerprint density at radius 1 is 0.929 bits per heavy atom. The van der Waals surface area contributed by atoms with E-state index in [-0.39, 0.29) is 12.3 Å². The van der Waals surface area contributed by atoms with Gasteiger partial charge in [0.25, 0.3) is 0 Å². The highest BCUT2D eigenvalue weighted by Crippen LogP contribution is 2.47. The summed E-state index contributed by atoms with van der Waals surface area (Å²) in [7, 11) is 1.68. The lowest BCUT2D eigenvalue weighted by Gasteiger charge is -2.38. The average Bonchev–Trinajstić information content (AvgIpc) is 3.19. The predicted octanol–water partition coefficient (Wildman–Crippen LogP) is 5.25. The topological polar surface area (TPSA) is 34.1 Å². The fourth-order valence-corrected chi connectivity index (χ4v) is 4.06. The SMILES string of the molecule is COc1ccc(C2=NN3[C@@H](c4ccccc4C)Oc4ccccc4[C@@H]3C2)cc1. The maximum Gasteiger partial charge on any atom is 0.214 e. The van der Waals surface area contributed by atoms with Gasteiger partial charge in [-0.15, -0.1) is 0 Å². The van der Waals surface area contributed by atoms with Crippen LogP contribution in [0.1, 0.15) is 40.9 Å². The molecule has 3 aromatic rings. The summed E-state index contributed by atoms with van der Waals surface area (Å²) in [5.74, 6) is 1.80. The Morgan fingerprint density at radius 2 is 1.64 bits per heavy atom. The molecule has 2 aliphatic rings. The van der Waals surface area contributed by atoms with Crippen LogP contribution in [0.4, 0.5) is 0 Å². The third-order valence-corrected chi connectivity index (χ3v) is 5.58. The standard InChI is InChI=1S/C24H22N2O2/c1-16-7-3-4-8-19(16)24-26-22(20-9-5-6-10-23(20)28-24)15-21(25-26)17-11-13-18(27-2)14-12-17/h3-14,22,24H,15H2,1-2H3/t22-,24+/m0/s1. The van der Waals surface area contributed by atoms with Crippen LogP contribution in [0.5, 0.6) is 11.5 Å². The molecule has 3 aromatic carbocycles. The van der Waals surface area contributed by atoms with Crippen LogP contribution in [0.15, 0.2) is 77.9 Å². The van der Waals surface area contributed by atoms with Gasteiger partial charge in [0.05, 0.1) is 18.9 Å². The third-order valence-electron chi connectivity index (χ3n) is 5.58. The summed E-state index contributed by atoms with van der Waals surface area (Å²) in [6.45, 7) is 2.12. The van der Waals surface area contributed by atoms with Crippen molar-refractivity contribution in [3.05, 3.63) is 95.1 Å². The Morgan fingerprint density at radius 3 is 2.39 bits per heavy atom. The summed E-state index contributed by atoms with van der Waals surface area (Å²) in [4.78, 5) is 0. The van der Waals surface area contributed by atoms with Crippen molar-refractivity contribution in [2.75, 3.05) is 7.11 Å². The van der Waals surface area contributed by atoms with Crippen LogP contribution in [0.25, 0.3) is 0 Å². The molecule has 0 saturated carbocycles. The fourth-order valence-electron chi connectivity index (χ4n) is 4.06. The molecule has 140 valence electrons. The molecule has 4 nitrogen and oxygen atoms in total. The molecule has 4 heteroatoms. The zero-order valence-electron chi connectivity index (χ0n) is 16.0. The molecule has 0 saturated heterocycles. The molecular weight excluding hydrogens is 348 g/mol. The van der Waals surface area contributed by atoms with E-state index in [1.807, 2.05) is 18.2 Å². The van der Waals surface area contributed by atoms with Crippen molar-refractivity contribution in [1.29, 1.82) is 0 Å². The molecule has 0 aromatic heterocycles. The van der Waals surface area contributed by atoms with Crippen LogP contribution in [0, 0.1) is 6.92 Å². The van der Waals surface area contributed by atoms with E-state index in [2.05, 4.69) is 66.5 Å². The molecule has 0 aliphatic carbocycles. The molecular formula is C24H22N2O2. The highest BCUT2D eigenvalue weighted by Gasteiger charge is 2.41. The van der Waals surface area contributed by atoms with Gasteiger partial charge in [-0.1, -0.05) is 42.5 Å². The minimum absolute atomic E-state index is 0.173. The normalized spacial score (nSPS) is 20.1. The number of benzene rings is 3. The van der Waals surface area contributed by atoms with E-state index >= 15 is 0 Å². The summed E-state index contributed by atoms with van der Waals surface area (Å²) in [6, 6.07) is 25.0. The Kier molecular flexibility index (Phi) is 4.05. The second kappa shape index (κ2) is 6.71. The lowest BCUT2D eigenvalue weighted by molar-refractivity contribution is -0.0194. The second-order valence-corrected chi connectivity index (χ2v) is 7.24. The van der Waals surface area contributed by atoms with E-state index in [1.54, 1.807) is 7.11 Å². The van der Waals surface area contributed by atoms with Crippen molar-refractivity contribution in [3.63, 3.8) is 0 Å². The molecule has 0 fully saturated rings. The number of nitrogens with zero attached hydrogens (tertiary/aromatic N) is 2. The fraction of sp³-hybridized carbons (Fsp3) is 0.208. The van der Waals surface area contributed by atoms with Crippen molar-refractivity contribution in [3.8, 4) is 11.5 Å². The van der Waals surface area contributed by atoms with Gasteiger partial charge in [-0.3, -0.25) is 0 Å². The zero-order chi connectivity index (χ0) is 19.1. The largest absolute Gasteiger partial charge is 0.497 e. The van der Waals surface area contributed by atoms with Gasteiger partial charge in [-0.25, -0.2) is 5.01 Å². The Hall–Kier alpha value is -3.27. The molecule has 0 bridgehead atoms. The first-order chi connectivity index (χ1) is 13.7. The number of hydrogen-bond donors (Lipinski definition) is 0. The maximum atomic E-state index is 6.43. The van der Waals surface area contributed by atoms with Crippen molar-refractivity contribution in [2.24, 2.45) is 5.10 Å². The second-order valence-electron chi connectivity index (χ2n) is 7.24. The van der Waals surface area contributed by atoms with Crippen molar-refractivity contribution >= 4 is 5.71 Å². The molecule has 0 spiro atoms. The Labute approximate surface area is 165 Å². The summed E-state index contributed by atoms with van der Waals surface area (Å²) >= 11 is 0. The van der Waals surface area contributed by atoms with Gasteiger partial charge in [0.1, 0.15) is 11.5 Å². The van der Waals surface area contributed by atoms with Crippen LogP contribution in [0.3, 0.4) is 0 Å². The van der Waals surface area contributed by atoms with Gasteiger partial charge in [0.2, 0.25) is 6.23 Å². The van der Waals surface area contributed by atoms with Gasteiger partial charge in [0.15, 0.2) is 0 Å². The number of ether oxygens (including phenoxy) is 2. The summed E-state index contributed by atoms with van der Waals surface area (Å²) in [5, 5.41) is 7.15. The van der Waals surface area contributed by atoms with Crippen LogP contribution in [0.2, 0.25) is 0 Å². The Bertz CT molecular complexity index is 1040. The van der Waals surface area contributed by atoms with Gasteiger partial charge in [-0.05, 0) is 48.4 Å². The first kappa shape index (κ1) is 16.9. The smallest absolute Gasteiger partial charge is 0.214 e. The molecule has 2 aliphatic heterocycles. The molecule has 0 radical (unpaired) electrons.